The summed E-state index contributed by atoms with van der Waals surface area (Å²) >= 11 is 1.51. The number of anilines is 1. The molecule has 0 aliphatic heterocycles. The Labute approximate surface area is 143 Å². The topological polar surface area (TPSA) is 68.5 Å². The van der Waals surface area contributed by atoms with E-state index in [4.69, 9.17) is 9.15 Å². The van der Waals surface area contributed by atoms with Crippen molar-refractivity contribution in [3.63, 3.8) is 0 Å². The Kier molecular flexibility index (Phi) is 4.61. The van der Waals surface area contributed by atoms with E-state index in [1.165, 1.54) is 11.3 Å². The van der Waals surface area contributed by atoms with Crippen LogP contribution in [-0.2, 0) is 4.74 Å². The van der Waals surface area contributed by atoms with E-state index in [-0.39, 0.29) is 5.89 Å². The Bertz CT molecular complexity index is 827. The minimum absolute atomic E-state index is 0.274. The molecule has 6 nitrogen and oxygen atoms in total. The maximum absolute atomic E-state index is 12.3. The van der Waals surface area contributed by atoms with Gasteiger partial charge in [-0.2, -0.15) is 0 Å². The fourth-order valence-electron chi connectivity index (χ4n) is 2.09. The molecule has 0 aliphatic carbocycles. The van der Waals surface area contributed by atoms with Gasteiger partial charge in [0.1, 0.15) is 0 Å². The van der Waals surface area contributed by atoms with Gasteiger partial charge in [0.05, 0.1) is 10.4 Å². The van der Waals surface area contributed by atoms with Crippen LogP contribution in [0.3, 0.4) is 0 Å². The molecule has 0 saturated heterocycles. The standard InChI is InChI=1S/C17H17N3O3S/c1-11(15-18-19-16(23-15)14-8-5-9-24-14)22-17(21)12-6-4-7-13(10-12)20(2)3/h4-11H,1-3H3/t11-/m0/s1. The molecule has 0 aliphatic rings. The van der Waals surface area contributed by atoms with Crippen LogP contribution in [-0.4, -0.2) is 30.3 Å². The van der Waals surface area contributed by atoms with Crippen molar-refractivity contribution in [1.82, 2.24) is 10.2 Å². The summed E-state index contributed by atoms with van der Waals surface area (Å²) in [6.07, 6.45) is -0.623. The number of aromatic nitrogens is 2. The average molecular weight is 343 g/mol. The maximum Gasteiger partial charge on any atom is 0.338 e. The highest BCUT2D eigenvalue weighted by molar-refractivity contribution is 7.13. The van der Waals surface area contributed by atoms with Crippen LogP contribution in [0.2, 0.25) is 0 Å². The van der Waals surface area contributed by atoms with Crippen LogP contribution in [0.4, 0.5) is 5.69 Å². The largest absolute Gasteiger partial charge is 0.449 e. The van der Waals surface area contributed by atoms with Gasteiger partial charge in [-0.1, -0.05) is 12.1 Å². The van der Waals surface area contributed by atoms with Crippen LogP contribution in [0.1, 0.15) is 29.3 Å². The van der Waals surface area contributed by atoms with Gasteiger partial charge in [-0.3, -0.25) is 0 Å². The monoisotopic (exact) mass is 343 g/mol. The Hall–Kier alpha value is -2.67. The number of hydrogen-bond acceptors (Lipinski definition) is 7. The molecule has 2 aromatic heterocycles. The average Bonchev–Trinajstić information content (AvgIpc) is 3.26. The first-order valence-electron chi connectivity index (χ1n) is 7.40. The van der Waals surface area contributed by atoms with Crippen molar-refractivity contribution in [3.8, 4) is 10.8 Å². The van der Waals surface area contributed by atoms with Gasteiger partial charge < -0.3 is 14.1 Å². The van der Waals surface area contributed by atoms with E-state index in [0.717, 1.165) is 10.6 Å². The fraction of sp³-hybridized carbons (Fsp3) is 0.235. The lowest BCUT2D eigenvalue weighted by Crippen LogP contribution is -2.12. The second kappa shape index (κ2) is 6.84. The van der Waals surface area contributed by atoms with Gasteiger partial charge in [-0.05, 0) is 36.6 Å². The summed E-state index contributed by atoms with van der Waals surface area (Å²) in [4.78, 5) is 15.1. The predicted molar refractivity (Wildman–Crippen MR) is 92.2 cm³/mol. The van der Waals surface area contributed by atoms with Crippen molar-refractivity contribution in [3.05, 3.63) is 53.2 Å². The molecule has 0 radical (unpaired) electrons. The summed E-state index contributed by atoms with van der Waals surface area (Å²) < 4.78 is 11.0. The molecule has 0 unspecified atom stereocenters. The summed E-state index contributed by atoms with van der Waals surface area (Å²) in [5.74, 6) is 0.273. The van der Waals surface area contributed by atoms with Gasteiger partial charge in [0.25, 0.3) is 11.8 Å². The Morgan fingerprint density at radius 2 is 2.08 bits per heavy atom. The van der Waals surface area contributed by atoms with Crippen LogP contribution < -0.4 is 4.90 Å². The SMILES string of the molecule is C[C@H](OC(=O)c1cccc(N(C)C)c1)c1nnc(-c2cccs2)o1. The van der Waals surface area contributed by atoms with Crippen molar-refractivity contribution in [1.29, 1.82) is 0 Å². The predicted octanol–water partition coefficient (Wildman–Crippen LogP) is 3.78. The molecule has 124 valence electrons. The summed E-state index contributed by atoms with van der Waals surface area (Å²) in [6.45, 7) is 1.71. The summed E-state index contributed by atoms with van der Waals surface area (Å²) in [6, 6.07) is 11.0. The Morgan fingerprint density at radius 1 is 1.25 bits per heavy atom. The highest BCUT2D eigenvalue weighted by Gasteiger charge is 2.20. The van der Waals surface area contributed by atoms with Crippen LogP contribution in [0.5, 0.6) is 0 Å². The number of nitrogens with zero attached hydrogens (tertiary/aromatic N) is 3. The first-order chi connectivity index (χ1) is 11.5. The minimum Gasteiger partial charge on any atom is -0.449 e. The van der Waals surface area contributed by atoms with E-state index < -0.39 is 12.1 Å². The third-order valence-corrected chi connectivity index (χ3v) is 4.26. The van der Waals surface area contributed by atoms with Crippen molar-refractivity contribution in [2.75, 3.05) is 19.0 Å². The van der Waals surface area contributed by atoms with Gasteiger partial charge in [0.2, 0.25) is 0 Å². The smallest absolute Gasteiger partial charge is 0.338 e. The molecule has 1 aromatic carbocycles. The van der Waals surface area contributed by atoms with Gasteiger partial charge >= 0.3 is 5.97 Å². The Morgan fingerprint density at radius 3 is 2.79 bits per heavy atom. The second-order valence-corrected chi connectivity index (χ2v) is 6.36. The van der Waals surface area contributed by atoms with Crippen LogP contribution in [0, 0.1) is 0 Å². The zero-order valence-corrected chi connectivity index (χ0v) is 14.4. The number of ether oxygens (including phenoxy) is 1. The fourth-order valence-corrected chi connectivity index (χ4v) is 2.73. The highest BCUT2D eigenvalue weighted by atomic mass is 32.1. The molecule has 0 bridgehead atoms. The zero-order valence-electron chi connectivity index (χ0n) is 13.6. The minimum atomic E-state index is -0.623. The maximum atomic E-state index is 12.3. The van der Waals surface area contributed by atoms with Gasteiger partial charge in [-0.15, -0.1) is 21.5 Å². The van der Waals surface area contributed by atoms with E-state index in [9.17, 15) is 4.79 Å². The lowest BCUT2D eigenvalue weighted by Gasteiger charge is -2.14. The van der Waals surface area contributed by atoms with Crippen molar-refractivity contribution in [2.45, 2.75) is 13.0 Å². The second-order valence-electron chi connectivity index (χ2n) is 5.42. The molecule has 2 heterocycles. The van der Waals surface area contributed by atoms with E-state index in [2.05, 4.69) is 10.2 Å². The molecule has 7 heteroatoms. The molecule has 3 aromatic rings. The lowest BCUT2D eigenvalue weighted by molar-refractivity contribution is 0.0280. The molecule has 0 saturated carbocycles. The molecular formula is C17H17N3O3S. The first kappa shape index (κ1) is 16.2. The van der Waals surface area contributed by atoms with Crippen LogP contribution >= 0.6 is 11.3 Å². The number of carbonyl (C=O) groups is 1. The van der Waals surface area contributed by atoms with Gasteiger partial charge in [-0.25, -0.2) is 4.79 Å². The van der Waals surface area contributed by atoms with Crippen molar-refractivity contribution < 1.29 is 13.9 Å². The number of rotatable bonds is 5. The van der Waals surface area contributed by atoms with Crippen LogP contribution in [0.15, 0.2) is 46.2 Å². The Balaban J connectivity index is 1.71. The third kappa shape index (κ3) is 3.46. The van der Waals surface area contributed by atoms with E-state index in [1.54, 1.807) is 19.1 Å². The number of benzene rings is 1. The third-order valence-electron chi connectivity index (χ3n) is 3.40. The van der Waals surface area contributed by atoms with Crippen LogP contribution in [0.25, 0.3) is 10.8 Å². The molecule has 0 amide bonds. The zero-order chi connectivity index (χ0) is 17.1. The number of carbonyl (C=O) groups excluding carboxylic acids is 1. The lowest BCUT2D eigenvalue weighted by atomic mass is 10.2. The highest BCUT2D eigenvalue weighted by Crippen LogP contribution is 2.26. The van der Waals surface area contributed by atoms with E-state index in [0.29, 0.717) is 11.5 Å². The molecule has 0 N–H and O–H groups in total. The summed E-state index contributed by atoms with van der Waals surface area (Å²) in [5.41, 5.74) is 1.40. The summed E-state index contributed by atoms with van der Waals surface area (Å²) in [5, 5.41) is 9.89. The van der Waals surface area contributed by atoms with E-state index in [1.807, 2.05) is 48.6 Å². The number of thiophene rings is 1. The molecule has 24 heavy (non-hydrogen) atoms. The molecule has 3 rings (SSSR count). The summed E-state index contributed by atoms with van der Waals surface area (Å²) in [7, 11) is 3.83. The van der Waals surface area contributed by atoms with Gasteiger partial charge in [0, 0.05) is 19.8 Å². The molecule has 0 spiro atoms. The van der Waals surface area contributed by atoms with Crippen molar-refractivity contribution >= 4 is 23.0 Å². The molecule has 0 fully saturated rings. The van der Waals surface area contributed by atoms with E-state index >= 15 is 0 Å². The van der Waals surface area contributed by atoms with Crippen molar-refractivity contribution in [2.24, 2.45) is 0 Å². The molecule has 1 atom stereocenters. The number of esters is 1. The first-order valence-corrected chi connectivity index (χ1v) is 8.28. The quantitative estimate of drug-likeness (QED) is 0.657. The number of hydrogen-bond donors (Lipinski definition) is 0. The normalized spacial score (nSPS) is 12.0. The molecular weight excluding hydrogens is 326 g/mol. The van der Waals surface area contributed by atoms with Gasteiger partial charge in [0.15, 0.2) is 6.10 Å².